The first-order chi connectivity index (χ1) is 14.8. The Balaban J connectivity index is 1.57. The van der Waals surface area contributed by atoms with E-state index in [9.17, 15) is 17.6 Å². The van der Waals surface area contributed by atoms with Crippen LogP contribution in [0.4, 0.5) is 4.39 Å². The molecule has 10 heteroatoms. The number of benzene rings is 1. The molecule has 1 N–H and O–H groups in total. The summed E-state index contributed by atoms with van der Waals surface area (Å²) < 4.78 is 41.3. The minimum Gasteiger partial charge on any atom is -0.349 e. The van der Waals surface area contributed by atoms with Crippen LogP contribution in [0.1, 0.15) is 28.8 Å². The number of pyridine rings is 1. The molecule has 1 aliphatic rings. The number of thiophene rings is 1. The fourth-order valence-corrected chi connectivity index (χ4v) is 5.63. The first-order valence-electron chi connectivity index (χ1n) is 9.59. The topological polar surface area (TPSA) is 94.0 Å². The number of nitrogens with zero attached hydrogens (tertiary/aromatic N) is 3. The second-order valence-corrected chi connectivity index (χ2v) is 10.4. The number of nitrogens with one attached hydrogen (secondary N) is 1. The van der Waals surface area contributed by atoms with Crippen LogP contribution >= 0.6 is 11.3 Å². The smallest absolute Gasteiger partial charge is 0.293 e. The van der Waals surface area contributed by atoms with Gasteiger partial charge in [-0.1, -0.05) is 6.07 Å². The summed E-state index contributed by atoms with van der Waals surface area (Å²) in [6.07, 6.45) is 4.70. The van der Waals surface area contributed by atoms with E-state index < -0.39 is 15.8 Å². The van der Waals surface area contributed by atoms with Crippen molar-refractivity contribution >= 4 is 38.2 Å². The summed E-state index contributed by atoms with van der Waals surface area (Å²) in [5, 5.41) is 9.11. The molecule has 158 valence electrons. The molecule has 1 amide bonds. The number of rotatable bonds is 5. The first-order valence-corrected chi connectivity index (χ1v) is 11.9. The normalized spacial score (nSPS) is 14.1. The Morgan fingerprint density at radius 3 is 2.77 bits per heavy atom. The molecule has 0 radical (unpaired) electrons. The zero-order valence-electron chi connectivity index (χ0n) is 16.4. The van der Waals surface area contributed by atoms with Crippen molar-refractivity contribution in [1.82, 2.24) is 19.5 Å². The van der Waals surface area contributed by atoms with E-state index in [2.05, 4.69) is 15.4 Å². The summed E-state index contributed by atoms with van der Waals surface area (Å²) in [5.74, 6) is -0.824. The number of halogens is 1. The van der Waals surface area contributed by atoms with Gasteiger partial charge in [-0.2, -0.15) is 17.6 Å². The highest BCUT2D eigenvalue weighted by Crippen LogP contribution is 2.30. The van der Waals surface area contributed by atoms with Crippen LogP contribution in [-0.4, -0.2) is 34.5 Å². The number of carbonyl (C=O) groups is 1. The lowest BCUT2D eigenvalue weighted by molar-refractivity contribution is 0.0950. The number of aromatic nitrogens is 3. The van der Waals surface area contributed by atoms with Crippen LogP contribution in [0, 0.1) is 12.7 Å². The molecule has 0 saturated heterocycles. The van der Waals surface area contributed by atoms with Crippen molar-refractivity contribution in [1.29, 1.82) is 0 Å². The van der Waals surface area contributed by atoms with Gasteiger partial charge >= 0.3 is 0 Å². The molecule has 3 heterocycles. The monoisotopic (exact) mass is 456 g/mol. The Kier molecular flexibility index (Phi) is 4.63. The first kappa shape index (κ1) is 19.8. The number of hydrogen-bond donors (Lipinski definition) is 1. The van der Waals surface area contributed by atoms with Crippen molar-refractivity contribution < 1.29 is 17.6 Å². The van der Waals surface area contributed by atoms with Crippen LogP contribution in [0.25, 0.3) is 22.2 Å². The Morgan fingerprint density at radius 1 is 1.26 bits per heavy atom. The largest absolute Gasteiger partial charge is 0.349 e. The molecule has 1 aliphatic carbocycles. The number of fused-ring (bicyclic) bond motifs is 1. The van der Waals surface area contributed by atoms with Gasteiger partial charge in [-0.25, -0.2) is 4.39 Å². The molecule has 1 fully saturated rings. The summed E-state index contributed by atoms with van der Waals surface area (Å²) in [6, 6.07) is 7.80. The van der Waals surface area contributed by atoms with Gasteiger partial charge < -0.3 is 5.32 Å². The Morgan fingerprint density at radius 2 is 2.06 bits per heavy atom. The van der Waals surface area contributed by atoms with Crippen molar-refractivity contribution in [2.75, 3.05) is 0 Å². The highest BCUT2D eigenvalue weighted by molar-refractivity contribution is 7.92. The predicted octanol–water partition coefficient (Wildman–Crippen LogP) is 3.74. The van der Waals surface area contributed by atoms with Crippen LogP contribution < -0.4 is 5.32 Å². The maximum atomic E-state index is 14.6. The summed E-state index contributed by atoms with van der Waals surface area (Å²) >= 11 is 1.10. The summed E-state index contributed by atoms with van der Waals surface area (Å²) in [7, 11) is -3.82. The van der Waals surface area contributed by atoms with E-state index in [0.717, 1.165) is 28.3 Å². The van der Waals surface area contributed by atoms with E-state index in [1.54, 1.807) is 30.5 Å². The number of amides is 1. The standard InChI is InChI=1S/C21H17FN4O3S2/c1-12-16(7-13(8-17(12)22)21(27)25-15-4-5-15)18-9-14-10-24-26(19(14)11-23-18)31(28,29)20-3-2-6-30-20/h2-3,6-11,15H,4-5H2,1H3,(H,25,27). The van der Waals surface area contributed by atoms with Gasteiger partial charge in [-0.05, 0) is 55.0 Å². The fraction of sp³-hybridized carbons (Fsp3) is 0.190. The Labute approximate surface area is 181 Å². The molecule has 1 aromatic carbocycles. The van der Waals surface area contributed by atoms with Crippen LogP contribution in [-0.2, 0) is 10.0 Å². The molecule has 0 bridgehead atoms. The van der Waals surface area contributed by atoms with Crippen molar-refractivity contribution in [2.24, 2.45) is 0 Å². The third-order valence-electron chi connectivity index (χ3n) is 5.19. The van der Waals surface area contributed by atoms with Crippen molar-refractivity contribution in [3.63, 3.8) is 0 Å². The van der Waals surface area contributed by atoms with Gasteiger partial charge in [0.2, 0.25) is 0 Å². The quantitative estimate of drug-likeness (QED) is 0.494. The summed E-state index contributed by atoms with van der Waals surface area (Å²) in [6.45, 7) is 1.61. The van der Waals surface area contributed by atoms with E-state index in [1.165, 1.54) is 24.5 Å². The summed E-state index contributed by atoms with van der Waals surface area (Å²) in [4.78, 5) is 16.8. The second-order valence-electron chi connectivity index (χ2n) is 7.43. The molecular formula is C21H17FN4O3S2. The maximum Gasteiger partial charge on any atom is 0.293 e. The van der Waals surface area contributed by atoms with Crippen LogP contribution in [0.2, 0.25) is 0 Å². The third-order valence-corrected chi connectivity index (χ3v) is 8.17. The van der Waals surface area contributed by atoms with Gasteiger partial charge in [0.05, 0.1) is 18.1 Å². The molecule has 31 heavy (non-hydrogen) atoms. The third kappa shape index (κ3) is 3.51. The lowest BCUT2D eigenvalue weighted by atomic mass is 10.00. The highest BCUT2D eigenvalue weighted by atomic mass is 32.2. The number of carbonyl (C=O) groups excluding carboxylic acids is 1. The van der Waals surface area contributed by atoms with Gasteiger partial charge in [0.15, 0.2) is 0 Å². The zero-order chi connectivity index (χ0) is 21.8. The molecule has 5 rings (SSSR count). The van der Waals surface area contributed by atoms with E-state index in [1.807, 2.05) is 0 Å². The Bertz CT molecular complexity index is 1420. The van der Waals surface area contributed by atoms with E-state index in [0.29, 0.717) is 27.7 Å². The maximum absolute atomic E-state index is 14.6. The van der Waals surface area contributed by atoms with Crippen molar-refractivity contribution in [3.8, 4) is 11.3 Å². The minimum atomic E-state index is -3.82. The number of hydrogen-bond acceptors (Lipinski definition) is 6. The minimum absolute atomic E-state index is 0.158. The highest BCUT2D eigenvalue weighted by Gasteiger charge is 2.25. The van der Waals surface area contributed by atoms with Gasteiger partial charge in [-0.3, -0.25) is 9.78 Å². The molecule has 1 saturated carbocycles. The van der Waals surface area contributed by atoms with Crippen LogP contribution in [0.5, 0.6) is 0 Å². The fourth-order valence-electron chi connectivity index (χ4n) is 3.31. The molecule has 0 atom stereocenters. The molecule has 0 unspecified atom stereocenters. The van der Waals surface area contributed by atoms with Gasteiger partial charge in [-0.15, -0.1) is 11.3 Å². The lowest BCUT2D eigenvalue weighted by Crippen LogP contribution is -2.25. The molecular weight excluding hydrogens is 439 g/mol. The van der Waals surface area contributed by atoms with E-state index in [-0.39, 0.29) is 21.7 Å². The molecule has 3 aromatic heterocycles. The molecule has 0 aliphatic heterocycles. The van der Waals surface area contributed by atoms with Crippen LogP contribution in [0.3, 0.4) is 0 Å². The molecule has 0 spiro atoms. The summed E-state index contributed by atoms with van der Waals surface area (Å²) in [5.41, 5.74) is 1.80. The predicted molar refractivity (Wildman–Crippen MR) is 115 cm³/mol. The second kappa shape index (κ2) is 7.24. The average Bonchev–Trinajstić information content (AvgIpc) is 3.21. The van der Waals surface area contributed by atoms with Gasteiger partial charge in [0, 0.05) is 22.6 Å². The average molecular weight is 457 g/mol. The lowest BCUT2D eigenvalue weighted by Gasteiger charge is -2.11. The van der Waals surface area contributed by atoms with Crippen molar-refractivity contribution in [2.45, 2.75) is 30.0 Å². The van der Waals surface area contributed by atoms with Gasteiger partial charge in [0.25, 0.3) is 15.9 Å². The van der Waals surface area contributed by atoms with Crippen LogP contribution in [0.15, 0.2) is 52.3 Å². The Hall–Kier alpha value is -3.11. The van der Waals surface area contributed by atoms with Gasteiger partial charge in [0.1, 0.15) is 15.5 Å². The van der Waals surface area contributed by atoms with E-state index in [4.69, 9.17) is 0 Å². The zero-order valence-corrected chi connectivity index (χ0v) is 18.0. The molecule has 4 aromatic rings. The SMILES string of the molecule is Cc1c(F)cc(C(=O)NC2CC2)cc1-c1cc2cnn(S(=O)(=O)c3cccs3)c2cn1. The molecule has 7 nitrogen and oxygen atoms in total. The van der Waals surface area contributed by atoms with E-state index >= 15 is 0 Å². The van der Waals surface area contributed by atoms with Crippen molar-refractivity contribution in [3.05, 3.63) is 65.0 Å².